The van der Waals surface area contributed by atoms with Crippen LogP contribution >= 0.6 is 11.8 Å². The van der Waals surface area contributed by atoms with Crippen molar-refractivity contribution >= 4 is 17.5 Å². The predicted molar refractivity (Wildman–Crippen MR) is 40.4 cm³/mol. The van der Waals surface area contributed by atoms with Gasteiger partial charge < -0.3 is 4.79 Å². The average Bonchev–Trinajstić information content (AvgIpc) is 1.65. The van der Waals surface area contributed by atoms with Crippen LogP contribution in [0.2, 0.25) is 0 Å². The van der Waals surface area contributed by atoms with Gasteiger partial charge in [0.2, 0.25) is 0 Å². The molecule has 0 fully saturated rings. The fourth-order valence-electron chi connectivity index (χ4n) is 0. The van der Waals surface area contributed by atoms with Crippen LogP contribution in [0.4, 0.5) is 0 Å². The maximum Gasteiger partial charge on any atom is 0.126 e. The van der Waals surface area contributed by atoms with E-state index >= 15 is 0 Å². The van der Waals surface area contributed by atoms with Gasteiger partial charge in [-0.15, -0.1) is 0 Å². The largest absolute Gasteiger partial charge is 0.300 e. The fraction of sp³-hybridized carbons (Fsp3) is 0.833. The molecule has 0 aromatic heterocycles. The summed E-state index contributed by atoms with van der Waals surface area (Å²) in [5.74, 6) is 1.40. The summed E-state index contributed by atoms with van der Waals surface area (Å²) in [4.78, 5) is 9.44. The molecule has 0 aliphatic heterocycles. The normalized spacial score (nSPS) is 7.00. The lowest BCUT2D eigenvalue weighted by Gasteiger charge is -1.69. The van der Waals surface area contributed by atoms with E-state index in [2.05, 4.69) is 13.2 Å². The molecule has 0 radical (unpaired) electrons. The van der Waals surface area contributed by atoms with E-state index in [1.165, 1.54) is 19.6 Å². The molecular formula is C6H14OS. The lowest BCUT2D eigenvalue weighted by molar-refractivity contribution is -0.114. The topological polar surface area (TPSA) is 17.1 Å². The summed E-state index contributed by atoms with van der Waals surface area (Å²) in [6.45, 7) is 5.20. The Balaban J connectivity index is 0. The molecular weight excluding hydrogens is 120 g/mol. The lowest BCUT2D eigenvalue weighted by Crippen LogP contribution is -1.69. The molecule has 0 amide bonds. The second kappa shape index (κ2) is 10.1. The van der Waals surface area contributed by atoms with Crippen LogP contribution in [0.15, 0.2) is 0 Å². The van der Waals surface area contributed by atoms with E-state index in [9.17, 15) is 4.79 Å². The molecule has 0 aromatic rings. The minimum Gasteiger partial charge on any atom is -0.300 e. The highest BCUT2D eigenvalue weighted by Gasteiger charge is 1.62. The van der Waals surface area contributed by atoms with Gasteiger partial charge >= 0.3 is 0 Å². The van der Waals surface area contributed by atoms with Crippen LogP contribution in [-0.2, 0) is 4.79 Å². The summed E-state index contributed by atoms with van der Waals surface area (Å²) in [5.41, 5.74) is 0. The van der Waals surface area contributed by atoms with Gasteiger partial charge in [0, 0.05) is 0 Å². The van der Waals surface area contributed by atoms with Crippen molar-refractivity contribution in [3.63, 3.8) is 0 Å². The van der Waals surface area contributed by atoms with E-state index in [1.54, 1.807) is 0 Å². The molecule has 0 aliphatic carbocycles. The van der Waals surface area contributed by atoms with Crippen LogP contribution in [0, 0.1) is 0 Å². The van der Waals surface area contributed by atoms with Crippen molar-refractivity contribution in [1.29, 1.82) is 0 Å². The molecule has 8 heavy (non-hydrogen) atoms. The third kappa shape index (κ3) is 146. The van der Waals surface area contributed by atoms with Gasteiger partial charge in [-0.1, -0.05) is 6.92 Å². The molecule has 0 bridgehead atoms. The van der Waals surface area contributed by atoms with Crippen LogP contribution in [0.25, 0.3) is 0 Å². The summed E-state index contributed by atoms with van der Waals surface area (Å²) in [6, 6.07) is 0. The molecule has 1 nitrogen and oxygen atoms in total. The monoisotopic (exact) mass is 134 g/mol. The molecule has 0 rings (SSSR count). The van der Waals surface area contributed by atoms with E-state index in [4.69, 9.17) is 0 Å². The summed E-state index contributed by atoms with van der Waals surface area (Å²) in [7, 11) is 0. The minimum atomic E-state index is 0.167. The second-order valence-electron chi connectivity index (χ2n) is 1.49. The Morgan fingerprint density at radius 2 is 1.62 bits per heavy atom. The molecule has 2 heteroatoms. The van der Waals surface area contributed by atoms with Crippen LogP contribution in [-0.4, -0.2) is 17.8 Å². The summed E-state index contributed by atoms with van der Waals surface area (Å²) < 4.78 is 0. The Kier molecular flexibility index (Phi) is 13.8. The summed E-state index contributed by atoms with van der Waals surface area (Å²) in [6.07, 6.45) is 2.10. The SMILES string of the molecule is CC(C)=O.CCSC. The van der Waals surface area contributed by atoms with E-state index in [0.29, 0.717) is 0 Å². The highest BCUT2D eigenvalue weighted by atomic mass is 32.2. The number of thioether (sulfide) groups is 1. The maximum absolute atomic E-state index is 9.44. The van der Waals surface area contributed by atoms with Crippen LogP contribution < -0.4 is 0 Å². The van der Waals surface area contributed by atoms with Gasteiger partial charge in [-0.25, -0.2) is 0 Å². The standard InChI is InChI=1S/C3H6O.C3H8S/c1-3(2)4;1-3-4-2/h1-2H3;3H2,1-2H3. The Labute approximate surface area is 55.9 Å². The first-order valence-corrected chi connectivity index (χ1v) is 4.00. The molecule has 0 unspecified atom stereocenters. The maximum atomic E-state index is 9.44. The lowest BCUT2D eigenvalue weighted by atomic mass is 10.6. The van der Waals surface area contributed by atoms with Gasteiger partial charge in [0.05, 0.1) is 0 Å². The van der Waals surface area contributed by atoms with Gasteiger partial charge in [0.15, 0.2) is 0 Å². The first-order chi connectivity index (χ1) is 3.65. The quantitative estimate of drug-likeness (QED) is 0.545. The van der Waals surface area contributed by atoms with Crippen molar-refractivity contribution in [3.8, 4) is 0 Å². The van der Waals surface area contributed by atoms with Crippen LogP contribution in [0.5, 0.6) is 0 Å². The zero-order chi connectivity index (χ0) is 6.99. The molecule has 0 spiro atoms. The third-order valence-electron chi connectivity index (χ3n) is 0.289. The molecule has 0 saturated carbocycles. The molecule has 0 heterocycles. The summed E-state index contributed by atoms with van der Waals surface area (Å²) >= 11 is 1.86. The Bertz CT molecular complexity index is 46.5. The van der Waals surface area contributed by atoms with Crippen LogP contribution in [0.3, 0.4) is 0 Å². The Morgan fingerprint density at radius 1 is 1.50 bits per heavy atom. The predicted octanol–water partition coefficient (Wildman–Crippen LogP) is 1.96. The van der Waals surface area contributed by atoms with Crippen molar-refractivity contribution in [2.45, 2.75) is 20.8 Å². The van der Waals surface area contributed by atoms with Gasteiger partial charge in [-0.2, -0.15) is 11.8 Å². The van der Waals surface area contributed by atoms with E-state index in [1.807, 2.05) is 11.8 Å². The zero-order valence-electron chi connectivity index (χ0n) is 6.02. The number of hydrogen-bond donors (Lipinski definition) is 0. The van der Waals surface area contributed by atoms with Crippen molar-refractivity contribution in [3.05, 3.63) is 0 Å². The number of rotatable bonds is 1. The van der Waals surface area contributed by atoms with Gasteiger partial charge in [0.1, 0.15) is 5.78 Å². The van der Waals surface area contributed by atoms with Crippen LogP contribution in [0.1, 0.15) is 20.8 Å². The first-order valence-electron chi connectivity index (χ1n) is 2.61. The second-order valence-corrected chi connectivity index (χ2v) is 2.64. The molecule has 50 valence electrons. The smallest absolute Gasteiger partial charge is 0.126 e. The number of Topliss-reactive ketones (excluding diaryl/α,β-unsaturated/α-hetero) is 1. The average molecular weight is 134 g/mol. The van der Waals surface area contributed by atoms with Crippen molar-refractivity contribution in [2.75, 3.05) is 12.0 Å². The molecule has 0 atom stereocenters. The van der Waals surface area contributed by atoms with Crippen molar-refractivity contribution < 1.29 is 4.79 Å². The molecule has 0 N–H and O–H groups in total. The molecule has 0 aliphatic rings. The van der Waals surface area contributed by atoms with E-state index in [0.717, 1.165) is 0 Å². The minimum absolute atomic E-state index is 0.167. The third-order valence-corrected chi connectivity index (χ3v) is 0.866. The zero-order valence-corrected chi connectivity index (χ0v) is 6.84. The highest BCUT2D eigenvalue weighted by Crippen LogP contribution is 1.83. The number of carbonyl (C=O) groups excluding carboxylic acids is 1. The number of hydrogen-bond acceptors (Lipinski definition) is 2. The van der Waals surface area contributed by atoms with E-state index in [-0.39, 0.29) is 5.78 Å². The Hall–Kier alpha value is 0.0200. The Morgan fingerprint density at radius 3 is 1.62 bits per heavy atom. The van der Waals surface area contributed by atoms with Gasteiger partial charge in [0.25, 0.3) is 0 Å². The van der Waals surface area contributed by atoms with Crippen molar-refractivity contribution in [2.24, 2.45) is 0 Å². The number of carbonyl (C=O) groups is 1. The van der Waals surface area contributed by atoms with Gasteiger partial charge in [-0.3, -0.25) is 0 Å². The first kappa shape index (κ1) is 10.9. The summed E-state index contributed by atoms with van der Waals surface area (Å²) in [5, 5.41) is 0. The number of ketones is 1. The molecule has 0 aromatic carbocycles. The molecule has 0 saturated heterocycles. The van der Waals surface area contributed by atoms with Gasteiger partial charge in [-0.05, 0) is 25.9 Å². The van der Waals surface area contributed by atoms with E-state index < -0.39 is 0 Å². The van der Waals surface area contributed by atoms with Crippen molar-refractivity contribution in [1.82, 2.24) is 0 Å². The highest BCUT2D eigenvalue weighted by molar-refractivity contribution is 7.98. The fourth-order valence-corrected chi connectivity index (χ4v) is 0.